The number of fused-ring (bicyclic) bond motifs is 2. The van der Waals surface area contributed by atoms with E-state index in [9.17, 15) is 23.6 Å². The van der Waals surface area contributed by atoms with E-state index in [1.54, 1.807) is 18.2 Å². The summed E-state index contributed by atoms with van der Waals surface area (Å²) in [5.41, 5.74) is 0.116. The lowest BCUT2D eigenvalue weighted by Gasteiger charge is -2.24. The summed E-state index contributed by atoms with van der Waals surface area (Å²) in [6, 6.07) is 9.57. The standard InChI is InChI=1S/C23H14ClF3N6O2/c24-16-6-1-4-13-10-15(18(30-19(13)16)14-5-3-9-32(34)11-14)21(23(25,26)27)31-22-20-17(7-2-8-28-20)33(35)12-29-22/h1-12,21H,(H,29,31)/t21-/m1/s1. The second-order valence-corrected chi connectivity index (χ2v) is 8.01. The van der Waals surface area contributed by atoms with Crippen LogP contribution in [0, 0.1) is 10.4 Å². The zero-order valence-corrected chi connectivity index (χ0v) is 18.3. The Hall–Kier alpha value is -4.25. The molecule has 12 heteroatoms. The van der Waals surface area contributed by atoms with Gasteiger partial charge in [-0.3, -0.25) is 0 Å². The number of pyridine rings is 3. The summed E-state index contributed by atoms with van der Waals surface area (Å²) in [7, 11) is 0. The van der Waals surface area contributed by atoms with Crippen molar-refractivity contribution in [2.24, 2.45) is 0 Å². The van der Waals surface area contributed by atoms with Crippen molar-refractivity contribution >= 4 is 39.4 Å². The zero-order valence-electron chi connectivity index (χ0n) is 17.6. The number of aromatic nitrogens is 5. The highest BCUT2D eigenvalue weighted by molar-refractivity contribution is 6.35. The van der Waals surface area contributed by atoms with Gasteiger partial charge in [-0.1, -0.05) is 23.7 Å². The van der Waals surface area contributed by atoms with Crippen LogP contribution in [0.2, 0.25) is 5.02 Å². The third-order valence-corrected chi connectivity index (χ3v) is 5.64. The molecule has 0 saturated carbocycles. The SMILES string of the molecule is [O-][n+]1cccc(-c2nc3c(Cl)cccc3cc2[C@@H](Nc2nc[n+]([O-])c3cccnc23)C(F)(F)F)c1. The van der Waals surface area contributed by atoms with E-state index < -0.39 is 12.2 Å². The van der Waals surface area contributed by atoms with Crippen molar-refractivity contribution in [1.29, 1.82) is 0 Å². The summed E-state index contributed by atoms with van der Waals surface area (Å²) in [5, 5.41) is 27.0. The molecule has 5 aromatic rings. The summed E-state index contributed by atoms with van der Waals surface area (Å²) in [6.45, 7) is 0. The van der Waals surface area contributed by atoms with Gasteiger partial charge in [0.25, 0.3) is 12.1 Å². The Morgan fingerprint density at radius 2 is 1.83 bits per heavy atom. The fourth-order valence-electron chi connectivity index (χ4n) is 3.79. The van der Waals surface area contributed by atoms with E-state index in [0.29, 0.717) is 14.8 Å². The number of benzene rings is 1. The number of alkyl halides is 3. The second-order valence-electron chi connectivity index (χ2n) is 7.60. The van der Waals surface area contributed by atoms with Gasteiger partial charge >= 0.3 is 6.18 Å². The minimum Gasteiger partial charge on any atom is -0.710 e. The predicted molar refractivity (Wildman–Crippen MR) is 122 cm³/mol. The van der Waals surface area contributed by atoms with Gasteiger partial charge in [0.2, 0.25) is 0 Å². The van der Waals surface area contributed by atoms with Gasteiger partial charge in [-0.05, 0) is 35.3 Å². The van der Waals surface area contributed by atoms with E-state index >= 15 is 0 Å². The minimum atomic E-state index is -4.82. The molecule has 0 aliphatic carbocycles. The lowest BCUT2D eigenvalue weighted by molar-refractivity contribution is -0.604. The average molecular weight is 499 g/mol. The van der Waals surface area contributed by atoms with E-state index in [0.717, 1.165) is 12.5 Å². The molecular formula is C23H14ClF3N6O2. The molecule has 0 spiro atoms. The first-order valence-corrected chi connectivity index (χ1v) is 10.5. The van der Waals surface area contributed by atoms with Gasteiger partial charge in [-0.25, -0.2) is 14.7 Å². The number of halogens is 4. The molecule has 35 heavy (non-hydrogen) atoms. The van der Waals surface area contributed by atoms with Crippen molar-refractivity contribution in [2.45, 2.75) is 12.2 Å². The maximum atomic E-state index is 14.5. The molecule has 0 bridgehead atoms. The van der Waals surface area contributed by atoms with E-state index in [2.05, 4.69) is 20.3 Å². The van der Waals surface area contributed by atoms with Crippen LogP contribution in [0.4, 0.5) is 19.0 Å². The lowest BCUT2D eigenvalue weighted by atomic mass is 9.98. The van der Waals surface area contributed by atoms with Crippen molar-refractivity contribution in [3.8, 4) is 11.3 Å². The van der Waals surface area contributed by atoms with Crippen molar-refractivity contribution < 1.29 is 22.6 Å². The quantitative estimate of drug-likeness (QED) is 0.289. The Morgan fingerprint density at radius 3 is 2.60 bits per heavy atom. The Morgan fingerprint density at radius 1 is 1.00 bits per heavy atom. The number of nitrogens with one attached hydrogen (secondary N) is 1. The molecule has 8 nitrogen and oxygen atoms in total. The molecule has 4 aromatic heterocycles. The normalized spacial score (nSPS) is 12.7. The number of hydrogen-bond acceptors (Lipinski definition) is 6. The van der Waals surface area contributed by atoms with Crippen LogP contribution >= 0.6 is 11.6 Å². The summed E-state index contributed by atoms with van der Waals surface area (Å²) >= 11 is 6.26. The fourth-order valence-corrected chi connectivity index (χ4v) is 4.02. The molecule has 4 heterocycles. The van der Waals surface area contributed by atoms with Crippen LogP contribution < -0.4 is 14.8 Å². The van der Waals surface area contributed by atoms with E-state index in [1.165, 1.54) is 42.7 Å². The van der Waals surface area contributed by atoms with Gasteiger partial charge in [0.05, 0.1) is 21.8 Å². The van der Waals surface area contributed by atoms with Crippen LogP contribution in [-0.2, 0) is 0 Å². The van der Waals surface area contributed by atoms with Gasteiger partial charge < -0.3 is 15.7 Å². The molecule has 5 rings (SSSR count). The molecular weight excluding hydrogens is 485 g/mol. The minimum absolute atomic E-state index is 0.0327. The summed E-state index contributed by atoms with van der Waals surface area (Å²) in [6.07, 6.45) is -0.284. The van der Waals surface area contributed by atoms with Crippen LogP contribution in [0.3, 0.4) is 0 Å². The third kappa shape index (κ3) is 4.21. The number of para-hydroxylation sites is 1. The summed E-state index contributed by atoms with van der Waals surface area (Å²) < 4.78 is 44.5. The molecule has 0 aliphatic rings. The Bertz CT molecular complexity index is 1580. The first-order valence-electron chi connectivity index (χ1n) is 10.2. The first-order chi connectivity index (χ1) is 16.7. The van der Waals surface area contributed by atoms with Gasteiger partial charge in [-0.2, -0.15) is 17.9 Å². The van der Waals surface area contributed by atoms with Crippen LogP contribution in [-0.4, -0.2) is 21.1 Å². The Kier molecular flexibility index (Phi) is 5.48. The maximum absolute atomic E-state index is 14.5. The first kappa shape index (κ1) is 22.5. The van der Waals surface area contributed by atoms with Crippen LogP contribution in [0.1, 0.15) is 11.6 Å². The van der Waals surface area contributed by atoms with Gasteiger partial charge in [0.15, 0.2) is 29.5 Å². The van der Waals surface area contributed by atoms with Crippen LogP contribution in [0.15, 0.2) is 73.4 Å². The molecule has 1 N–H and O–H groups in total. The molecule has 0 saturated heterocycles. The van der Waals surface area contributed by atoms with Crippen molar-refractivity contribution in [1.82, 2.24) is 15.0 Å². The van der Waals surface area contributed by atoms with E-state index in [4.69, 9.17) is 11.6 Å². The second kappa shape index (κ2) is 8.51. The zero-order chi connectivity index (χ0) is 24.7. The number of nitrogens with zero attached hydrogens (tertiary/aromatic N) is 5. The molecule has 1 aromatic carbocycles. The molecule has 0 fully saturated rings. The number of anilines is 1. The van der Waals surface area contributed by atoms with Crippen molar-refractivity contribution in [3.63, 3.8) is 0 Å². The van der Waals surface area contributed by atoms with Gasteiger partial charge in [-0.15, -0.1) is 0 Å². The number of hydrogen-bond donors (Lipinski definition) is 1. The molecule has 0 aliphatic heterocycles. The Balaban J connectivity index is 1.76. The van der Waals surface area contributed by atoms with Crippen LogP contribution in [0.25, 0.3) is 33.2 Å². The monoisotopic (exact) mass is 498 g/mol. The molecule has 1 atom stereocenters. The van der Waals surface area contributed by atoms with Crippen molar-refractivity contribution in [3.05, 3.63) is 94.4 Å². The van der Waals surface area contributed by atoms with Gasteiger partial charge in [0.1, 0.15) is 0 Å². The van der Waals surface area contributed by atoms with E-state index in [1.807, 2.05) is 0 Å². The molecule has 0 unspecified atom stereocenters. The lowest BCUT2D eigenvalue weighted by Crippen LogP contribution is -2.32. The van der Waals surface area contributed by atoms with Crippen LogP contribution in [0.5, 0.6) is 0 Å². The Labute approximate surface area is 200 Å². The van der Waals surface area contributed by atoms with Gasteiger partial charge in [0, 0.05) is 23.2 Å². The summed E-state index contributed by atoms with van der Waals surface area (Å²) in [4.78, 5) is 12.3. The largest absolute Gasteiger partial charge is 0.710 e. The highest BCUT2D eigenvalue weighted by Crippen LogP contribution is 2.41. The smallest absolute Gasteiger partial charge is 0.412 e. The number of rotatable bonds is 4. The molecule has 0 amide bonds. The highest BCUT2D eigenvalue weighted by atomic mass is 35.5. The highest BCUT2D eigenvalue weighted by Gasteiger charge is 2.44. The predicted octanol–water partition coefficient (Wildman–Crippen LogP) is 4.48. The topological polar surface area (TPSA) is 105 Å². The van der Waals surface area contributed by atoms with E-state index in [-0.39, 0.29) is 44.2 Å². The third-order valence-electron chi connectivity index (χ3n) is 5.33. The maximum Gasteiger partial charge on any atom is 0.412 e. The average Bonchev–Trinajstić information content (AvgIpc) is 2.83. The molecule has 0 radical (unpaired) electrons. The molecule has 176 valence electrons. The fraction of sp³-hybridized carbons (Fsp3) is 0.0870. The van der Waals surface area contributed by atoms with Crippen molar-refractivity contribution in [2.75, 3.05) is 5.32 Å². The summed E-state index contributed by atoms with van der Waals surface area (Å²) in [5.74, 6) is -0.237.